The lowest BCUT2D eigenvalue weighted by Gasteiger charge is -2.36. The minimum absolute atomic E-state index is 0.293. The Morgan fingerprint density at radius 2 is 1.49 bits per heavy atom. The summed E-state index contributed by atoms with van der Waals surface area (Å²) >= 11 is 0. The van der Waals surface area contributed by atoms with Gasteiger partial charge in [-0.3, -0.25) is 9.59 Å². The molecule has 1 fully saturated rings. The zero-order valence-corrected chi connectivity index (χ0v) is 20.6. The Morgan fingerprint density at radius 1 is 0.838 bits per heavy atom. The number of para-hydroxylation sites is 1. The molecule has 3 aromatic rings. The van der Waals surface area contributed by atoms with E-state index >= 15 is 0 Å². The van der Waals surface area contributed by atoms with Crippen molar-refractivity contribution in [3.05, 3.63) is 95.1 Å². The van der Waals surface area contributed by atoms with E-state index in [-0.39, 0.29) is 11.6 Å². The third-order valence-corrected chi connectivity index (χ3v) is 7.92. The van der Waals surface area contributed by atoms with Crippen LogP contribution in [0.5, 0.6) is 11.5 Å². The average molecular weight is 496 g/mol. The lowest BCUT2D eigenvalue weighted by molar-refractivity contribution is -0.142. The fraction of sp³-hybridized carbons (Fsp3) is 0.233. The minimum atomic E-state index is -1.58. The summed E-state index contributed by atoms with van der Waals surface area (Å²) in [5.74, 6) is -1.02. The van der Waals surface area contributed by atoms with Gasteiger partial charge in [-0.1, -0.05) is 60.7 Å². The molecule has 0 saturated carbocycles. The number of Topliss-reactive ketones (excluding diaryl/α,β-unsaturated/α-hetero) is 2. The number of anilines is 1. The molecule has 6 rings (SSSR count). The van der Waals surface area contributed by atoms with Crippen molar-refractivity contribution in [3.8, 4) is 11.5 Å². The zero-order valence-electron chi connectivity index (χ0n) is 20.6. The predicted molar refractivity (Wildman–Crippen MR) is 137 cm³/mol. The summed E-state index contributed by atoms with van der Waals surface area (Å²) < 4.78 is 16.3. The molecule has 186 valence electrons. The maximum Gasteiger partial charge on any atom is 0.329 e. The van der Waals surface area contributed by atoms with Gasteiger partial charge < -0.3 is 19.1 Å². The van der Waals surface area contributed by atoms with Crippen LogP contribution in [0.15, 0.2) is 72.8 Å². The van der Waals surface area contributed by atoms with Crippen LogP contribution >= 0.6 is 0 Å². The second kappa shape index (κ2) is 8.34. The van der Waals surface area contributed by atoms with Gasteiger partial charge in [0.2, 0.25) is 0 Å². The second-order valence-electron chi connectivity index (χ2n) is 9.40. The number of carbonyl (C=O) groups is 3. The molecule has 0 radical (unpaired) electrons. The molecule has 7 heteroatoms. The van der Waals surface area contributed by atoms with Crippen molar-refractivity contribution >= 4 is 29.3 Å². The Kier molecular flexibility index (Phi) is 5.19. The van der Waals surface area contributed by atoms with Crippen LogP contribution in [0.4, 0.5) is 5.69 Å². The molecule has 0 amide bonds. The first-order valence-electron chi connectivity index (χ1n) is 12.0. The number of benzene rings is 3. The van der Waals surface area contributed by atoms with Crippen molar-refractivity contribution in [2.75, 3.05) is 26.2 Å². The molecular weight excluding hydrogens is 470 g/mol. The first kappa shape index (κ1) is 23.0. The number of fused-ring (bicyclic) bond motifs is 5. The van der Waals surface area contributed by atoms with Crippen molar-refractivity contribution in [2.45, 2.75) is 18.0 Å². The molecule has 3 aromatic carbocycles. The van der Waals surface area contributed by atoms with Crippen LogP contribution in [0.3, 0.4) is 0 Å². The second-order valence-corrected chi connectivity index (χ2v) is 9.40. The molecule has 37 heavy (non-hydrogen) atoms. The number of hydrogen-bond donors (Lipinski definition) is 0. The Bertz CT molecular complexity index is 1460. The van der Waals surface area contributed by atoms with Gasteiger partial charge in [-0.05, 0) is 29.3 Å². The van der Waals surface area contributed by atoms with Gasteiger partial charge in [0.25, 0.3) is 0 Å². The highest BCUT2D eigenvalue weighted by molar-refractivity contribution is 6.32. The monoisotopic (exact) mass is 495 g/mol. The molecular formula is C30H25NO6. The molecule has 2 heterocycles. The standard InChI is InChI=1S/C30H25NO6/c1-35-22-14-12-18(16-23(22)36-2)25-26(29(34)37-3)31-21-11-7-4-8-17(21)13-15-24(31)30(25)27(32)19-9-5-6-10-20(19)28(30)33/h4-16,24-26H,1-3H3/t24-,25-,26-/m1/s1. The van der Waals surface area contributed by atoms with E-state index < -0.39 is 29.4 Å². The van der Waals surface area contributed by atoms with Gasteiger partial charge >= 0.3 is 5.97 Å². The fourth-order valence-corrected chi connectivity index (χ4v) is 6.43. The first-order valence-corrected chi connectivity index (χ1v) is 12.0. The van der Waals surface area contributed by atoms with E-state index in [4.69, 9.17) is 14.2 Å². The molecule has 0 aromatic heterocycles. The number of hydrogen-bond acceptors (Lipinski definition) is 7. The van der Waals surface area contributed by atoms with Gasteiger partial charge in [0.05, 0.1) is 27.4 Å². The summed E-state index contributed by atoms with van der Waals surface area (Å²) in [6.45, 7) is 0. The Hall–Kier alpha value is -4.39. The van der Waals surface area contributed by atoms with Gasteiger partial charge in [0.15, 0.2) is 23.1 Å². The lowest BCUT2D eigenvalue weighted by Crippen LogP contribution is -2.48. The van der Waals surface area contributed by atoms with E-state index in [0.29, 0.717) is 28.2 Å². The molecule has 2 aliphatic heterocycles. The third-order valence-electron chi connectivity index (χ3n) is 7.92. The van der Waals surface area contributed by atoms with Crippen LogP contribution < -0.4 is 14.4 Å². The lowest BCUT2D eigenvalue weighted by atomic mass is 9.64. The normalized spacial score (nSPS) is 22.5. The average Bonchev–Trinajstić information content (AvgIpc) is 3.38. The van der Waals surface area contributed by atoms with E-state index in [1.807, 2.05) is 41.3 Å². The number of nitrogens with zero attached hydrogens (tertiary/aromatic N) is 1. The molecule has 3 atom stereocenters. The van der Waals surface area contributed by atoms with Gasteiger partial charge in [-0.25, -0.2) is 4.79 Å². The Balaban J connectivity index is 1.68. The van der Waals surface area contributed by atoms with E-state index in [1.165, 1.54) is 21.3 Å². The highest BCUT2D eigenvalue weighted by Gasteiger charge is 2.72. The number of ketones is 2. The van der Waals surface area contributed by atoms with Crippen LogP contribution in [-0.2, 0) is 9.53 Å². The molecule has 3 aliphatic rings. The maximum absolute atomic E-state index is 14.4. The van der Waals surface area contributed by atoms with Gasteiger partial charge in [0.1, 0.15) is 11.5 Å². The van der Waals surface area contributed by atoms with Crippen molar-refractivity contribution in [1.29, 1.82) is 0 Å². The molecule has 0 N–H and O–H groups in total. The van der Waals surface area contributed by atoms with E-state index in [2.05, 4.69) is 0 Å². The van der Waals surface area contributed by atoms with E-state index in [0.717, 1.165) is 11.3 Å². The van der Waals surface area contributed by atoms with Crippen LogP contribution in [0.25, 0.3) is 6.08 Å². The summed E-state index contributed by atoms with van der Waals surface area (Å²) in [6, 6.07) is 18.2. The first-order chi connectivity index (χ1) is 18.0. The summed E-state index contributed by atoms with van der Waals surface area (Å²) in [5, 5.41) is 0. The molecule has 1 aliphatic carbocycles. The highest BCUT2D eigenvalue weighted by atomic mass is 16.5. The Labute approximate surface area is 214 Å². The fourth-order valence-electron chi connectivity index (χ4n) is 6.43. The van der Waals surface area contributed by atoms with Crippen molar-refractivity contribution in [1.82, 2.24) is 0 Å². The smallest absolute Gasteiger partial charge is 0.329 e. The molecule has 0 unspecified atom stereocenters. The van der Waals surface area contributed by atoms with E-state index in [9.17, 15) is 14.4 Å². The highest BCUT2D eigenvalue weighted by Crippen LogP contribution is 2.61. The van der Waals surface area contributed by atoms with Crippen LogP contribution in [0, 0.1) is 5.41 Å². The van der Waals surface area contributed by atoms with Crippen LogP contribution in [0.1, 0.15) is 37.8 Å². The number of carbonyl (C=O) groups excluding carboxylic acids is 3. The summed E-state index contributed by atoms with van der Waals surface area (Å²) in [4.78, 5) is 44.3. The van der Waals surface area contributed by atoms with Gasteiger partial charge in [-0.2, -0.15) is 0 Å². The SMILES string of the molecule is COC(=O)[C@H]1[C@@H](c2ccc(OC)c(OC)c2)C2(C(=O)c3ccccc3C2=O)[C@H]2C=Cc3ccccc3N12. The maximum atomic E-state index is 14.4. The largest absolute Gasteiger partial charge is 0.493 e. The number of esters is 1. The van der Waals surface area contributed by atoms with Crippen LogP contribution in [0.2, 0.25) is 0 Å². The van der Waals surface area contributed by atoms with Crippen molar-refractivity contribution in [3.63, 3.8) is 0 Å². The minimum Gasteiger partial charge on any atom is -0.493 e. The zero-order chi connectivity index (χ0) is 25.9. The van der Waals surface area contributed by atoms with E-state index in [1.54, 1.807) is 42.5 Å². The summed E-state index contributed by atoms with van der Waals surface area (Å²) in [5.41, 5.74) is 1.44. The van der Waals surface area contributed by atoms with Gasteiger partial charge in [-0.15, -0.1) is 0 Å². The Morgan fingerprint density at radius 3 is 2.14 bits per heavy atom. The number of ether oxygens (including phenoxy) is 3. The molecule has 1 spiro atoms. The summed E-state index contributed by atoms with van der Waals surface area (Å²) in [6.07, 6.45) is 3.80. The predicted octanol–water partition coefficient (Wildman–Crippen LogP) is 4.31. The van der Waals surface area contributed by atoms with Crippen molar-refractivity contribution < 1.29 is 28.6 Å². The number of methoxy groups -OCH3 is 3. The number of rotatable bonds is 4. The molecule has 0 bridgehead atoms. The van der Waals surface area contributed by atoms with Gasteiger partial charge in [0, 0.05) is 22.7 Å². The quantitative estimate of drug-likeness (QED) is 0.394. The molecule has 1 saturated heterocycles. The summed E-state index contributed by atoms with van der Waals surface area (Å²) in [7, 11) is 4.38. The topological polar surface area (TPSA) is 82.1 Å². The van der Waals surface area contributed by atoms with Crippen molar-refractivity contribution in [2.24, 2.45) is 5.41 Å². The molecule has 7 nitrogen and oxygen atoms in total. The third kappa shape index (κ3) is 2.91. The van der Waals surface area contributed by atoms with Crippen LogP contribution in [-0.4, -0.2) is 50.9 Å².